The number of amidine groups is 1. The quantitative estimate of drug-likeness (QED) is 0.803. The van der Waals surface area contributed by atoms with Gasteiger partial charge in [-0.1, -0.05) is 12.7 Å². The molecule has 0 spiro atoms. The molecule has 0 atom stereocenters. The zero-order valence-corrected chi connectivity index (χ0v) is 12.6. The molecule has 3 N–H and O–H groups in total. The van der Waals surface area contributed by atoms with Gasteiger partial charge in [-0.3, -0.25) is 0 Å². The van der Waals surface area contributed by atoms with E-state index in [4.69, 9.17) is 0 Å². The maximum atomic E-state index is 4.39. The Morgan fingerprint density at radius 2 is 2.48 bits per heavy atom. The summed E-state index contributed by atoms with van der Waals surface area (Å²) in [5.74, 6) is 0.763. The van der Waals surface area contributed by atoms with Crippen LogP contribution in [-0.2, 0) is 0 Å². The number of nitrogens with zero attached hydrogens (tertiary/aromatic N) is 2. The van der Waals surface area contributed by atoms with Gasteiger partial charge in [0.2, 0.25) is 0 Å². The third kappa shape index (κ3) is 2.76. The van der Waals surface area contributed by atoms with E-state index in [-0.39, 0.29) is 0 Å². The minimum atomic E-state index is 0.763. The van der Waals surface area contributed by atoms with E-state index in [9.17, 15) is 0 Å². The van der Waals surface area contributed by atoms with Crippen LogP contribution in [-0.4, -0.2) is 17.3 Å². The summed E-state index contributed by atoms with van der Waals surface area (Å²) in [5, 5.41) is 6.39. The van der Waals surface area contributed by atoms with Gasteiger partial charge in [-0.2, -0.15) is 0 Å². The Hall–Kier alpha value is -2.31. The normalized spacial score (nSPS) is 18.4. The van der Waals surface area contributed by atoms with E-state index in [0.717, 1.165) is 28.8 Å². The Morgan fingerprint density at radius 3 is 3.14 bits per heavy atom. The van der Waals surface area contributed by atoms with Crippen LogP contribution < -0.4 is 16.2 Å². The lowest BCUT2D eigenvalue weighted by atomic mass is 10.1. The average molecular weight is 299 g/mol. The fraction of sp³-hybridized carbons (Fsp3) is 0.133. The molecule has 0 saturated heterocycles. The Bertz CT molecular complexity index is 652. The van der Waals surface area contributed by atoms with Crippen LogP contribution in [0.15, 0.2) is 70.7 Å². The molecular weight excluding hydrogens is 282 g/mol. The van der Waals surface area contributed by atoms with Gasteiger partial charge in [0.1, 0.15) is 0 Å². The van der Waals surface area contributed by atoms with Gasteiger partial charge in [0.05, 0.1) is 10.7 Å². The molecule has 3 rings (SSSR count). The molecule has 2 aliphatic rings. The standard InChI is InChI=1S/C15H17N5S/c1-3-13(12-9-17-18-10-12)20-7-6-16-15(11(20)2)19-14-5-4-8-21-14/h3-9,17-18H,2,10H2,1H3,(H,16,19)/b13-3-. The highest BCUT2D eigenvalue weighted by molar-refractivity contribution is 7.14. The van der Waals surface area contributed by atoms with Crippen molar-refractivity contribution in [1.29, 1.82) is 0 Å². The largest absolute Gasteiger partial charge is 0.330 e. The molecular formula is C15H17N5S. The van der Waals surface area contributed by atoms with E-state index in [1.165, 1.54) is 5.57 Å². The number of aliphatic imine (C=N–C) groups is 1. The molecule has 0 fully saturated rings. The second-order valence-corrected chi connectivity index (χ2v) is 5.48. The summed E-state index contributed by atoms with van der Waals surface area (Å²) >= 11 is 1.64. The zero-order valence-electron chi connectivity index (χ0n) is 11.8. The highest BCUT2D eigenvalue weighted by Gasteiger charge is 2.21. The van der Waals surface area contributed by atoms with Gasteiger partial charge in [0.15, 0.2) is 5.84 Å². The molecule has 21 heavy (non-hydrogen) atoms. The molecule has 0 bridgehead atoms. The number of rotatable bonds is 3. The number of nitrogens with one attached hydrogen (secondary N) is 3. The molecule has 0 amide bonds. The van der Waals surface area contributed by atoms with Gasteiger partial charge in [-0.15, -0.1) is 11.3 Å². The van der Waals surface area contributed by atoms with E-state index in [0.29, 0.717) is 0 Å². The summed E-state index contributed by atoms with van der Waals surface area (Å²) in [6.07, 6.45) is 7.75. The van der Waals surface area contributed by atoms with Crippen LogP contribution in [0.25, 0.3) is 0 Å². The number of hydrogen-bond acceptors (Lipinski definition) is 6. The minimum Gasteiger partial charge on any atom is -0.330 e. The zero-order chi connectivity index (χ0) is 14.7. The third-order valence-corrected chi connectivity index (χ3v) is 4.02. The Balaban J connectivity index is 1.81. The highest BCUT2D eigenvalue weighted by Crippen LogP contribution is 2.25. The average Bonchev–Trinajstić information content (AvgIpc) is 3.17. The smallest absolute Gasteiger partial charge is 0.154 e. The van der Waals surface area contributed by atoms with Crippen LogP contribution in [0.4, 0.5) is 5.00 Å². The molecule has 0 aromatic carbocycles. The summed E-state index contributed by atoms with van der Waals surface area (Å²) in [6, 6.07) is 4.03. The fourth-order valence-electron chi connectivity index (χ4n) is 2.23. The summed E-state index contributed by atoms with van der Waals surface area (Å²) in [6.45, 7) is 6.98. The van der Waals surface area contributed by atoms with Crippen LogP contribution in [0.2, 0.25) is 0 Å². The van der Waals surface area contributed by atoms with Gasteiger partial charge < -0.3 is 15.6 Å². The second kappa shape index (κ2) is 5.99. The molecule has 1 aromatic rings. The molecule has 2 aliphatic heterocycles. The summed E-state index contributed by atoms with van der Waals surface area (Å²) < 4.78 is 0. The number of anilines is 1. The predicted molar refractivity (Wildman–Crippen MR) is 88.5 cm³/mol. The van der Waals surface area contributed by atoms with Crippen molar-refractivity contribution in [2.24, 2.45) is 4.99 Å². The lowest BCUT2D eigenvalue weighted by Crippen LogP contribution is -2.29. The molecule has 5 nitrogen and oxygen atoms in total. The van der Waals surface area contributed by atoms with Crippen molar-refractivity contribution in [3.05, 3.63) is 65.7 Å². The van der Waals surface area contributed by atoms with Gasteiger partial charge in [0, 0.05) is 36.4 Å². The predicted octanol–water partition coefficient (Wildman–Crippen LogP) is 2.75. The maximum absolute atomic E-state index is 4.39. The number of hydrazine groups is 1. The van der Waals surface area contributed by atoms with Crippen LogP contribution in [0.1, 0.15) is 6.92 Å². The van der Waals surface area contributed by atoms with Crippen molar-refractivity contribution >= 4 is 22.2 Å². The number of allylic oxidation sites excluding steroid dienone is 1. The van der Waals surface area contributed by atoms with Crippen LogP contribution in [0.5, 0.6) is 0 Å². The highest BCUT2D eigenvalue weighted by atomic mass is 32.1. The fourth-order valence-corrected chi connectivity index (χ4v) is 2.85. The Labute approximate surface area is 128 Å². The van der Waals surface area contributed by atoms with E-state index < -0.39 is 0 Å². The summed E-state index contributed by atoms with van der Waals surface area (Å²) in [5.41, 5.74) is 9.19. The molecule has 0 unspecified atom stereocenters. The van der Waals surface area contributed by atoms with E-state index in [2.05, 4.69) is 33.8 Å². The molecule has 0 radical (unpaired) electrons. The first-order valence-corrected chi connectivity index (χ1v) is 7.55. The lowest BCUT2D eigenvalue weighted by molar-refractivity contribution is 0.600. The van der Waals surface area contributed by atoms with E-state index in [1.54, 1.807) is 17.5 Å². The van der Waals surface area contributed by atoms with E-state index >= 15 is 0 Å². The van der Waals surface area contributed by atoms with Crippen LogP contribution in [0, 0.1) is 0 Å². The number of thiophene rings is 1. The van der Waals surface area contributed by atoms with Crippen LogP contribution in [0.3, 0.4) is 0 Å². The first-order valence-electron chi connectivity index (χ1n) is 6.67. The molecule has 0 saturated carbocycles. The van der Waals surface area contributed by atoms with Crippen molar-refractivity contribution < 1.29 is 0 Å². The van der Waals surface area contributed by atoms with Crippen molar-refractivity contribution in [2.75, 3.05) is 11.9 Å². The number of hydrogen-bond donors (Lipinski definition) is 3. The summed E-state index contributed by atoms with van der Waals surface area (Å²) in [4.78, 5) is 6.44. The van der Waals surface area contributed by atoms with Gasteiger partial charge in [0.25, 0.3) is 0 Å². The third-order valence-electron chi connectivity index (χ3n) is 3.24. The first-order chi connectivity index (χ1) is 10.3. The van der Waals surface area contributed by atoms with Crippen molar-refractivity contribution in [1.82, 2.24) is 15.8 Å². The SMILES string of the molecule is C=C1C(Nc2cccs2)=NC=CN1/C(=C\C)C1=CNNC1. The molecule has 0 aliphatic carbocycles. The van der Waals surface area contributed by atoms with Crippen molar-refractivity contribution in [2.45, 2.75) is 6.92 Å². The second-order valence-electron chi connectivity index (χ2n) is 4.54. The van der Waals surface area contributed by atoms with Crippen molar-refractivity contribution in [3.63, 3.8) is 0 Å². The van der Waals surface area contributed by atoms with Crippen LogP contribution >= 0.6 is 11.3 Å². The minimum absolute atomic E-state index is 0.763. The molecule has 6 heteroatoms. The Morgan fingerprint density at radius 1 is 1.57 bits per heavy atom. The first kappa shape index (κ1) is 13.7. The van der Waals surface area contributed by atoms with Gasteiger partial charge >= 0.3 is 0 Å². The van der Waals surface area contributed by atoms with Crippen molar-refractivity contribution in [3.8, 4) is 0 Å². The van der Waals surface area contributed by atoms with Gasteiger partial charge in [-0.25, -0.2) is 10.4 Å². The summed E-state index contributed by atoms with van der Waals surface area (Å²) in [7, 11) is 0. The maximum Gasteiger partial charge on any atom is 0.154 e. The van der Waals surface area contributed by atoms with Gasteiger partial charge in [-0.05, 0) is 24.4 Å². The monoisotopic (exact) mass is 299 g/mol. The van der Waals surface area contributed by atoms with E-state index in [1.807, 2.05) is 41.7 Å². The molecule has 1 aromatic heterocycles. The molecule has 3 heterocycles. The Kier molecular flexibility index (Phi) is 3.89. The molecule has 108 valence electrons. The topological polar surface area (TPSA) is 51.7 Å². The lowest BCUT2D eigenvalue weighted by Gasteiger charge is -2.29.